The lowest BCUT2D eigenvalue weighted by atomic mass is 9.96. The van der Waals surface area contributed by atoms with Gasteiger partial charge in [-0.2, -0.15) is 0 Å². The maximum absolute atomic E-state index is 12.1. The molecule has 1 saturated heterocycles. The first-order chi connectivity index (χ1) is 13.3. The van der Waals surface area contributed by atoms with Gasteiger partial charge in [0.25, 0.3) is 5.91 Å². The first-order valence-corrected chi connectivity index (χ1v) is 9.07. The second kappa shape index (κ2) is 9.98. The smallest absolute Gasteiger partial charge is 0.331 e. The number of hydrogen-bond acceptors (Lipinski definition) is 6. The van der Waals surface area contributed by atoms with Crippen molar-refractivity contribution in [1.29, 1.82) is 0 Å². The van der Waals surface area contributed by atoms with Gasteiger partial charge in [0, 0.05) is 25.1 Å². The average Bonchev–Trinajstić information content (AvgIpc) is 2.69. The van der Waals surface area contributed by atoms with E-state index in [1.165, 1.54) is 26.4 Å². The minimum Gasteiger partial charge on any atom is -0.493 e. The average molecular weight is 411 g/mol. The molecule has 0 spiro atoms. The SMILES string of the molecule is COc1cc(/C=C/C(=O)OCC(=O)N2CCC(C(N)=O)CC2)cc(Cl)c1OC. The molecule has 152 valence electrons. The third-order valence-corrected chi connectivity index (χ3v) is 4.74. The summed E-state index contributed by atoms with van der Waals surface area (Å²) < 4.78 is 15.3. The molecule has 2 N–H and O–H groups in total. The molecule has 0 bridgehead atoms. The maximum Gasteiger partial charge on any atom is 0.331 e. The maximum atomic E-state index is 12.1. The van der Waals surface area contributed by atoms with Crippen molar-refractivity contribution in [2.45, 2.75) is 12.8 Å². The Morgan fingerprint density at radius 2 is 1.89 bits per heavy atom. The van der Waals surface area contributed by atoms with Crippen molar-refractivity contribution in [3.8, 4) is 11.5 Å². The fraction of sp³-hybridized carbons (Fsp3) is 0.421. The van der Waals surface area contributed by atoms with Gasteiger partial charge in [-0.05, 0) is 36.6 Å². The molecule has 0 aliphatic carbocycles. The summed E-state index contributed by atoms with van der Waals surface area (Å²) in [4.78, 5) is 36.7. The Morgan fingerprint density at radius 3 is 2.46 bits per heavy atom. The van der Waals surface area contributed by atoms with Crippen molar-refractivity contribution in [1.82, 2.24) is 4.90 Å². The topological polar surface area (TPSA) is 108 Å². The molecule has 0 saturated carbocycles. The fourth-order valence-electron chi connectivity index (χ4n) is 2.88. The van der Waals surface area contributed by atoms with E-state index in [4.69, 9.17) is 31.5 Å². The molecule has 8 nitrogen and oxygen atoms in total. The number of nitrogens with zero attached hydrogens (tertiary/aromatic N) is 1. The molecule has 1 heterocycles. The number of carbonyl (C=O) groups is 3. The largest absolute Gasteiger partial charge is 0.493 e. The highest BCUT2D eigenvalue weighted by molar-refractivity contribution is 6.32. The second-order valence-electron chi connectivity index (χ2n) is 6.24. The molecule has 1 aromatic rings. The molecule has 1 fully saturated rings. The first-order valence-electron chi connectivity index (χ1n) is 8.69. The van der Waals surface area contributed by atoms with Crippen molar-refractivity contribution < 1.29 is 28.6 Å². The van der Waals surface area contributed by atoms with Crippen LogP contribution in [-0.2, 0) is 19.1 Å². The number of nitrogens with two attached hydrogens (primary N) is 1. The molecule has 1 aliphatic heterocycles. The summed E-state index contributed by atoms with van der Waals surface area (Å²) in [5.74, 6) is -0.695. The molecular weight excluding hydrogens is 388 g/mol. The van der Waals surface area contributed by atoms with Gasteiger partial charge in [0.05, 0.1) is 19.2 Å². The number of ether oxygens (including phenoxy) is 3. The number of hydrogen-bond donors (Lipinski definition) is 1. The molecule has 9 heteroatoms. The summed E-state index contributed by atoms with van der Waals surface area (Å²) in [7, 11) is 2.96. The quantitative estimate of drug-likeness (QED) is 0.540. The van der Waals surface area contributed by atoms with Crippen molar-refractivity contribution in [2.75, 3.05) is 33.9 Å². The first kappa shape index (κ1) is 21.6. The zero-order chi connectivity index (χ0) is 20.7. The number of benzene rings is 1. The second-order valence-corrected chi connectivity index (χ2v) is 6.64. The van der Waals surface area contributed by atoms with Gasteiger partial charge in [-0.15, -0.1) is 0 Å². The Kier molecular flexibility index (Phi) is 7.69. The van der Waals surface area contributed by atoms with Crippen LogP contribution in [0.5, 0.6) is 11.5 Å². The molecule has 2 amide bonds. The van der Waals surface area contributed by atoms with Gasteiger partial charge >= 0.3 is 5.97 Å². The van der Waals surface area contributed by atoms with Crippen LogP contribution < -0.4 is 15.2 Å². The van der Waals surface area contributed by atoms with Gasteiger partial charge in [-0.1, -0.05) is 11.6 Å². The minimum atomic E-state index is -0.661. The molecule has 1 aliphatic rings. The van der Waals surface area contributed by atoms with Gasteiger partial charge in [0.15, 0.2) is 18.1 Å². The van der Waals surface area contributed by atoms with Crippen LogP contribution in [0.1, 0.15) is 18.4 Å². The summed E-state index contributed by atoms with van der Waals surface area (Å²) in [5.41, 5.74) is 5.88. The molecule has 0 aromatic heterocycles. The van der Waals surface area contributed by atoms with Crippen LogP contribution in [0.2, 0.25) is 5.02 Å². The summed E-state index contributed by atoms with van der Waals surface area (Å²) in [6.07, 6.45) is 3.74. The van der Waals surface area contributed by atoms with E-state index in [9.17, 15) is 14.4 Å². The molecule has 0 unspecified atom stereocenters. The van der Waals surface area contributed by atoms with Crippen molar-refractivity contribution in [2.24, 2.45) is 11.7 Å². The van der Waals surface area contributed by atoms with Crippen LogP contribution in [0.15, 0.2) is 18.2 Å². The highest BCUT2D eigenvalue weighted by Crippen LogP contribution is 2.36. The number of esters is 1. The molecular formula is C19H23ClN2O6. The molecule has 28 heavy (non-hydrogen) atoms. The van der Waals surface area contributed by atoms with Crippen LogP contribution in [0.4, 0.5) is 0 Å². The highest BCUT2D eigenvalue weighted by Gasteiger charge is 2.26. The predicted molar refractivity (Wildman–Crippen MR) is 103 cm³/mol. The van der Waals surface area contributed by atoms with Crippen LogP contribution in [0.3, 0.4) is 0 Å². The van der Waals surface area contributed by atoms with E-state index < -0.39 is 5.97 Å². The fourth-order valence-corrected chi connectivity index (χ4v) is 3.18. The minimum absolute atomic E-state index is 0.206. The Labute approximate surface area is 168 Å². The molecule has 2 rings (SSSR count). The monoisotopic (exact) mass is 410 g/mol. The Hall–Kier alpha value is -2.74. The van der Waals surface area contributed by atoms with E-state index in [0.717, 1.165) is 0 Å². The van der Waals surface area contributed by atoms with Crippen LogP contribution in [0, 0.1) is 5.92 Å². The number of rotatable bonds is 7. The standard InChI is InChI=1S/C19H23ClN2O6/c1-26-15-10-12(9-14(20)18(15)27-2)3-4-17(24)28-11-16(23)22-7-5-13(6-8-22)19(21)25/h3-4,9-10,13H,5-8,11H2,1-2H3,(H2,21,25)/b4-3+. The third-order valence-electron chi connectivity index (χ3n) is 4.46. The summed E-state index contributed by atoms with van der Waals surface area (Å²) in [6, 6.07) is 3.27. The van der Waals surface area contributed by atoms with E-state index in [0.29, 0.717) is 48.0 Å². The Morgan fingerprint density at radius 1 is 1.21 bits per heavy atom. The van der Waals surface area contributed by atoms with E-state index in [-0.39, 0.29) is 24.3 Å². The number of amides is 2. The zero-order valence-electron chi connectivity index (χ0n) is 15.8. The van der Waals surface area contributed by atoms with E-state index >= 15 is 0 Å². The van der Waals surface area contributed by atoms with Gasteiger partial charge in [-0.25, -0.2) is 4.79 Å². The van der Waals surface area contributed by atoms with E-state index in [2.05, 4.69) is 0 Å². The van der Waals surface area contributed by atoms with Gasteiger partial charge in [0.2, 0.25) is 5.91 Å². The molecule has 0 radical (unpaired) electrons. The number of methoxy groups -OCH3 is 2. The van der Waals surface area contributed by atoms with Crippen LogP contribution in [-0.4, -0.2) is 56.6 Å². The van der Waals surface area contributed by atoms with Crippen LogP contribution >= 0.6 is 11.6 Å². The van der Waals surface area contributed by atoms with Crippen LogP contribution in [0.25, 0.3) is 6.08 Å². The number of primary amides is 1. The number of halogens is 1. The molecule has 0 atom stereocenters. The van der Waals surface area contributed by atoms with Gasteiger partial charge in [0.1, 0.15) is 0 Å². The Balaban J connectivity index is 1.86. The molecule has 1 aromatic carbocycles. The van der Waals surface area contributed by atoms with Gasteiger partial charge < -0.3 is 24.8 Å². The van der Waals surface area contributed by atoms with Crippen molar-refractivity contribution >= 4 is 35.5 Å². The highest BCUT2D eigenvalue weighted by atomic mass is 35.5. The number of piperidine rings is 1. The van der Waals surface area contributed by atoms with E-state index in [1.54, 1.807) is 17.0 Å². The normalized spacial score (nSPS) is 14.8. The number of carbonyl (C=O) groups excluding carboxylic acids is 3. The third kappa shape index (κ3) is 5.63. The van der Waals surface area contributed by atoms with Gasteiger partial charge in [-0.3, -0.25) is 9.59 Å². The predicted octanol–water partition coefficient (Wildman–Crippen LogP) is 1.64. The van der Waals surface area contributed by atoms with Crippen molar-refractivity contribution in [3.63, 3.8) is 0 Å². The summed E-state index contributed by atoms with van der Waals surface area (Å²) in [6.45, 7) is 0.477. The van der Waals surface area contributed by atoms with E-state index in [1.807, 2.05) is 0 Å². The lowest BCUT2D eigenvalue weighted by Gasteiger charge is -2.30. The summed E-state index contributed by atoms with van der Waals surface area (Å²) in [5, 5.41) is 0.337. The number of likely N-dealkylation sites (tertiary alicyclic amines) is 1. The lowest BCUT2D eigenvalue weighted by molar-refractivity contribution is -0.149. The van der Waals surface area contributed by atoms with Crippen molar-refractivity contribution in [3.05, 3.63) is 28.8 Å². The summed E-state index contributed by atoms with van der Waals surface area (Å²) >= 11 is 6.11. The zero-order valence-corrected chi connectivity index (χ0v) is 16.5. The Bertz CT molecular complexity index is 772. The lowest BCUT2D eigenvalue weighted by Crippen LogP contribution is -2.43.